The van der Waals surface area contributed by atoms with Crippen LogP contribution in [0.4, 0.5) is 0 Å². The largest absolute Gasteiger partial charge is 0.493 e. The van der Waals surface area contributed by atoms with Crippen LogP contribution in [0.5, 0.6) is 17.2 Å². The van der Waals surface area contributed by atoms with Crippen LogP contribution in [0.3, 0.4) is 0 Å². The van der Waals surface area contributed by atoms with Crippen molar-refractivity contribution in [3.63, 3.8) is 0 Å². The molecule has 1 heterocycles. The smallest absolute Gasteiger partial charge is 0.217 e. The Kier molecular flexibility index (Phi) is 5.76. The van der Waals surface area contributed by atoms with E-state index in [-0.39, 0.29) is 23.1 Å². The number of methoxy groups -OCH3 is 3. The number of carbonyl (C=O) groups excluding carboxylic acids is 1. The number of fused-ring (bicyclic) bond motifs is 3. The lowest BCUT2D eigenvalue weighted by atomic mass is 9.95. The molecule has 1 aliphatic carbocycles. The van der Waals surface area contributed by atoms with E-state index in [1.807, 2.05) is 12.1 Å². The molecule has 0 spiro atoms. The minimum atomic E-state index is -0.376. The molecular formula is C22H23N5O5. The van der Waals surface area contributed by atoms with E-state index < -0.39 is 0 Å². The zero-order valence-electron chi connectivity index (χ0n) is 18.2. The Bertz CT molecular complexity index is 1230. The van der Waals surface area contributed by atoms with Crippen LogP contribution in [0.2, 0.25) is 0 Å². The standard InChI is InChI=1S/C22H23N5O5/c1-12(28)24-16-7-5-13-9-19(30-2)21(31-3)22(32-4)20(13)14-6-8-17(18(29)10-15(14)16)27-11-23-25-26-27/h6,8-11,16H,5,7H2,1-4H3,(H,24,28). The Morgan fingerprint density at radius 2 is 1.91 bits per heavy atom. The molecule has 10 nitrogen and oxygen atoms in total. The summed E-state index contributed by atoms with van der Waals surface area (Å²) in [6.45, 7) is 1.46. The zero-order valence-corrected chi connectivity index (χ0v) is 18.2. The summed E-state index contributed by atoms with van der Waals surface area (Å²) in [5.74, 6) is 1.30. The number of carbonyl (C=O) groups is 1. The lowest BCUT2D eigenvalue weighted by Gasteiger charge is -2.19. The molecule has 3 aromatic rings. The number of benzene rings is 1. The second kappa shape index (κ2) is 8.66. The number of rotatable bonds is 5. The van der Waals surface area contributed by atoms with Crippen LogP contribution in [-0.4, -0.2) is 47.4 Å². The first-order valence-electron chi connectivity index (χ1n) is 9.99. The monoisotopic (exact) mass is 437 g/mol. The Morgan fingerprint density at radius 1 is 1.12 bits per heavy atom. The van der Waals surface area contributed by atoms with Crippen LogP contribution in [0, 0.1) is 0 Å². The van der Waals surface area contributed by atoms with E-state index in [4.69, 9.17) is 14.2 Å². The van der Waals surface area contributed by atoms with E-state index in [0.29, 0.717) is 35.7 Å². The molecule has 1 N–H and O–H groups in total. The molecule has 1 aromatic heterocycles. The van der Waals surface area contributed by atoms with Crippen LogP contribution in [-0.2, 0) is 11.2 Å². The molecule has 4 rings (SSSR count). The Morgan fingerprint density at radius 3 is 2.53 bits per heavy atom. The normalized spacial score (nSPS) is 14.6. The van der Waals surface area contributed by atoms with Crippen molar-refractivity contribution in [2.24, 2.45) is 0 Å². The quantitative estimate of drug-likeness (QED) is 0.643. The summed E-state index contributed by atoms with van der Waals surface area (Å²) in [6.07, 6.45) is 2.57. The zero-order chi connectivity index (χ0) is 22.8. The number of aryl methyl sites for hydroxylation is 1. The number of nitrogens with one attached hydrogen (secondary N) is 1. The first-order valence-corrected chi connectivity index (χ1v) is 9.99. The van der Waals surface area contributed by atoms with E-state index in [9.17, 15) is 9.59 Å². The highest BCUT2D eigenvalue weighted by Crippen LogP contribution is 2.50. The Balaban J connectivity index is 2.07. The molecule has 0 saturated heterocycles. The van der Waals surface area contributed by atoms with Crippen molar-refractivity contribution >= 4 is 5.91 Å². The van der Waals surface area contributed by atoms with Gasteiger partial charge in [0, 0.05) is 12.5 Å². The average molecular weight is 437 g/mol. The van der Waals surface area contributed by atoms with Gasteiger partial charge >= 0.3 is 0 Å². The fourth-order valence-electron chi connectivity index (χ4n) is 4.16. The van der Waals surface area contributed by atoms with Crippen molar-refractivity contribution in [1.82, 2.24) is 25.5 Å². The molecule has 166 valence electrons. The molecule has 10 heteroatoms. The maximum Gasteiger partial charge on any atom is 0.217 e. The summed E-state index contributed by atoms with van der Waals surface area (Å²) in [6, 6.07) is 6.54. The topological polar surface area (TPSA) is 117 Å². The predicted molar refractivity (Wildman–Crippen MR) is 115 cm³/mol. The van der Waals surface area contributed by atoms with Crippen LogP contribution in [0.15, 0.2) is 35.4 Å². The van der Waals surface area contributed by atoms with Gasteiger partial charge in [-0.25, -0.2) is 0 Å². The number of amides is 1. The summed E-state index contributed by atoms with van der Waals surface area (Å²) in [4.78, 5) is 25.1. The van der Waals surface area contributed by atoms with Gasteiger partial charge < -0.3 is 19.5 Å². The summed E-state index contributed by atoms with van der Waals surface area (Å²) in [5, 5.41) is 14.1. The predicted octanol–water partition coefficient (Wildman–Crippen LogP) is 1.84. The second-order valence-electron chi connectivity index (χ2n) is 7.32. The van der Waals surface area contributed by atoms with Crippen LogP contribution >= 0.6 is 0 Å². The molecule has 1 atom stereocenters. The molecule has 0 radical (unpaired) electrons. The number of nitrogens with zero attached hydrogens (tertiary/aromatic N) is 4. The van der Waals surface area contributed by atoms with Gasteiger partial charge in [-0.2, -0.15) is 4.68 Å². The molecule has 0 bridgehead atoms. The summed E-state index contributed by atoms with van der Waals surface area (Å²) in [7, 11) is 4.67. The third kappa shape index (κ3) is 3.64. The first kappa shape index (κ1) is 21.3. The molecule has 0 saturated carbocycles. The van der Waals surface area contributed by atoms with Gasteiger partial charge in [0.05, 0.1) is 27.4 Å². The average Bonchev–Trinajstić information content (AvgIpc) is 3.20. The number of ether oxygens (including phenoxy) is 3. The van der Waals surface area contributed by atoms with Gasteiger partial charge in [-0.3, -0.25) is 9.59 Å². The highest BCUT2D eigenvalue weighted by atomic mass is 16.5. The van der Waals surface area contributed by atoms with Crippen molar-refractivity contribution < 1.29 is 19.0 Å². The third-order valence-electron chi connectivity index (χ3n) is 5.49. The van der Waals surface area contributed by atoms with E-state index in [1.54, 1.807) is 27.4 Å². The van der Waals surface area contributed by atoms with Crippen molar-refractivity contribution in [3.05, 3.63) is 51.9 Å². The van der Waals surface area contributed by atoms with Gasteiger partial charge in [-0.15, -0.1) is 5.10 Å². The first-order chi connectivity index (χ1) is 15.5. The number of tetrazole rings is 1. The number of aromatic nitrogens is 4. The van der Waals surface area contributed by atoms with Crippen LogP contribution < -0.4 is 25.0 Å². The van der Waals surface area contributed by atoms with Gasteiger partial charge in [-0.05, 0) is 58.2 Å². The molecule has 0 fully saturated rings. The molecular weight excluding hydrogens is 414 g/mol. The SMILES string of the molecule is COc1cc2c(c(OC)c1OC)-c1ccc(-n3cnnn3)c(=O)cc1C(NC(C)=O)CC2. The van der Waals surface area contributed by atoms with Crippen molar-refractivity contribution in [2.75, 3.05) is 21.3 Å². The third-order valence-corrected chi connectivity index (χ3v) is 5.49. The highest BCUT2D eigenvalue weighted by molar-refractivity contribution is 5.83. The summed E-state index contributed by atoms with van der Waals surface area (Å²) < 4.78 is 18.2. The van der Waals surface area contributed by atoms with Crippen LogP contribution in [0.1, 0.15) is 30.5 Å². The molecule has 32 heavy (non-hydrogen) atoms. The van der Waals surface area contributed by atoms with E-state index in [1.165, 1.54) is 24.0 Å². The van der Waals surface area contributed by atoms with Gasteiger partial charge in [0.2, 0.25) is 17.1 Å². The molecule has 1 unspecified atom stereocenters. The van der Waals surface area contributed by atoms with Crippen molar-refractivity contribution in [1.29, 1.82) is 0 Å². The van der Waals surface area contributed by atoms with E-state index >= 15 is 0 Å². The second-order valence-corrected chi connectivity index (χ2v) is 7.32. The van der Waals surface area contributed by atoms with E-state index in [0.717, 1.165) is 16.7 Å². The van der Waals surface area contributed by atoms with E-state index in [2.05, 4.69) is 20.8 Å². The fourth-order valence-corrected chi connectivity index (χ4v) is 4.16. The maximum atomic E-state index is 13.1. The van der Waals surface area contributed by atoms with Gasteiger partial charge in [0.15, 0.2) is 11.5 Å². The highest BCUT2D eigenvalue weighted by Gasteiger charge is 2.29. The van der Waals surface area contributed by atoms with Crippen LogP contribution in [0.25, 0.3) is 16.8 Å². The molecule has 0 aliphatic heterocycles. The fraction of sp³-hybridized carbons (Fsp3) is 0.318. The Hall–Kier alpha value is -3.95. The summed E-state index contributed by atoms with van der Waals surface area (Å²) in [5.41, 5.74) is 3.16. The van der Waals surface area contributed by atoms with Crippen molar-refractivity contribution in [3.8, 4) is 34.1 Å². The minimum Gasteiger partial charge on any atom is -0.493 e. The number of hydrogen-bond donors (Lipinski definition) is 1. The van der Waals surface area contributed by atoms with Gasteiger partial charge in [0.1, 0.15) is 12.0 Å². The molecule has 1 aliphatic rings. The van der Waals surface area contributed by atoms with Crippen molar-refractivity contribution in [2.45, 2.75) is 25.8 Å². The lowest BCUT2D eigenvalue weighted by molar-refractivity contribution is -0.119. The molecule has 1 amide bonds. The van der Waals surface area contributed by atoms with Gasteiger partial charge in [0.25, 0.3) is 0 Å². The van der Waals surface area contributed by atoms with Gasteiger partial charge in [-0.1, -0.05) is 6.07 Å². The minimum absolute atomic E-state index is 0.186. The number of hydrogen-bond acceptors (Lipinski definition) is 8. The Labute approximate surface area is 184 Å². The maximum absolute atomic E-state index is 13.1. The molecule has 2 aromatic carbocycles. The summed E-state index contributed by atoms with van der Waals surface area (Å²) >= 11 is 0. The lowest BCUT2D eigenvalue weighted by Crippen LogP contribution is -2.26.